The van der Waals surface area contributed by atoms with Gasteiger partial charge in [0.1, 0.15) is 0 Å². The summed E-state index contributed by atoms with van der Waals surface area (Å²) in [6.45, 7) is 5.00. The summed E-state index contributed by atoms with van der Waals surface area (Å²) in [7, 11) is 0. The zero-order valence-corrected chi connectivity index (χ0v) is 4.96. The van der Waals surface area contributed by atoms with Crippen molar-refractivity contribution in [3.63, 3.8) is 0 Å². The largest absolute Gasteiger partial charge is 0.219 e. The molecule has 0 aromatic carbocycles. The molecule has 0 aliphatic rings. The van der Waals surface area contributed by atoms with Crippen molar-refractivity contribution in [3.05, 3.63) is 0 Å². The van der Waals surface area contributed by atoms with Crippen LogP contribution in [0.2, 0.25) is 0 Å². The second-order valence-electron chi connectivity index (χ2n) is 1.71. The minimum atomic E-state index is 0.627. The van der Waals surface area contributed by atoms with Gasteiger partial charge in [0.2, 0.25) is 0 Å². The highest BCUT2D eigenvalue weighted by Crippen LogP contribution is 1.88. The van der Waals surface area contributed by atoms with E-state index in [1.54, 1.807) is 0 Å². The first-order valence-corrected chi connectivity index (χ1v) is 2.43. The van der Waals surface area contributed by atoms with E-state index in [1.165, 1.54) is 0 Å². The Balaban J connectivity index is 2.81. The van der Waals surface area contributed by atoms with Gasteiger partial charge in [-0.1, -0.05) is 13.8 Å². The van der Waals surface area contributed by atoms with Crippen LogP contribution in [0.1, 0.15) is 13.8 Å². The lowest BCUT2D eigenvalue weighted by Gasteiger charge is -1.90. The third-order valence-corrected chi connectivity index (χ3v) is 0.589. The van der Waals surface area contributed by atoms with Gasteiger partial charge in [0.25, 0.3) is 0 Å². The lowest BCUT2D eigenvalue weighted by atomic mass is 10.2. The van der Waals surface area contributed by atoms with Crippen LogP contribution in [0, 0.1) is 5.92 Å². The van der Waals surface area contributed by atoms with Crippen LogP contribution in [0.5, 0.6) is 0 Å². The lowest BCUT2D eigenvalue weighted by Crippen LogP contribution is -1.88. The van der Waals surface area contributed by atoms with Gasteiger partial charge in [-0.3, -0.25) is 0 Å². The van der Waals surface area contributed by atoms with Crippen molar-refractivity contribution in [1.82, 2.24) is 0 Å². The lowest BCUT2D eigenvalue weighted by molar-refractivity contribution is 0.671. The molecule has 1 nitrogen and oxygen atoms in total. The van der Waals surface area contributed by atoms with Crippen molar-refractivity contribution in [1.29, 1.82) is 0 Å². The van der Waals surface area contributed by atoms with Crippen molar-refractivity contribution < 1.29 is 0 Å². The fourth-order valence-electron chi connectivity index (χ4n) is 0.149. The predicted octanol–water partition coefficient (Wildman–Crippen LogP) is 1.37. The van der Waals surface area contributed by atoms with E-state index in [2.05, 4.69) is 30.6 Å². The molecule has 0 amide bonds. The molecule has 0 spiro atoms. The average Bonchev–Trinajstić information content (AvgIpc) is 1.35. The maximum absolute atomic E-state index is 4.35. The number of hydrogen-bond donors (Lipinski definition) is 0. The minimum absolute atomic E-state index is 0.627. The normalized spacial score (nSPS) is 9.17. The quantitative estimate of drug-likeness (QED) is 0.514. The summed E-state index contributed by atoms with van der Waals surface area (Å²) in [6.07, 6.45) is 0. The van der Waals surface area contributed by atoms with Crippen molar-refractivity contribution in [2.45, 2.75) is 13.8 Å². The van der Waals surface area contributed by atoms with Crippen molar-refractivity contribution in [3.8, 4) is 0 Å². The maximum Gasteiger partial charge on any atom is 0.0543 e. The van der Waals surface area contributed by atoms with Crippen LogP contribution in [0.3, 0.4) is 0 Å². The van der Waals surface area contributed by atoms with E-state index in [-0.39, 0.29) is 0 Å². The number of hydrogen-bond acceptors (Lipinski definition) is 2. The topological polar surface area (TPSA) is 12.4 Å². The Hall–Kier alpha value is 0.0200. The molecular formula is C4H9NS. The van der Waals surface area contributed by atoms with E-state index in [4.69, 9.17) is 0 Å². The molecule has 0 heterocycles. The Bertz CT molecular complexity index is 42.8. The summed E-state index contributed by atoms with van der Waals surface area (Å²) in [6, 6.07) is 0. The van der Waals surface area contributed by atoms with Crippen molar-refractivity contribution in [2.75, 3.05) is 6.54 Å². The highest BCUT2D eigenvalue weighted by molar-refractivity contribution is 7.47. The molecule has 36 valence electrons. The molecule has 0 aromatic heterocycles. The monoisotopic (exact) mass is 103 g/mol. The molecule has 0 saturated heterocycles. The summed E-state index contributed by atoms with van der Waals surface area (Å²) in [5.41, 5.74) is 0. The second-order valence-corrected chi connectivity index (χ2v) is 1.96. The molecule has 0 bridgehead atoms. The molecule has 2 heteroatoms. The Morgan fingerprint density at radius 2 is 2.17 bits per heavy atom. The van der Waals surface area contributed by atoms with Gasteiger partial charge in [-0.2, -0.15) is 0 Å². The molecule has 0 unspecified atom stereocenters. The Kier molecular flexibility index (Phi) is 3.23. The van der Waals surface area contributed by atoms with E-state index < -0.39 is 0 Å². The van der Waals surface area contributed by atoms with E-state index >= 15 is 0 Å². The summed E-state index contributed by atoms with van der Waals surface area (Å²) < 4.78 is 3.52. The van der Waals surface area contributed by atoms with Crippen molar-refractivity contribution >= 4 is 12.4 Å². The molecule has 0 fully saturated rings. The van der Waals surface area contributed by atoms with Gasteiger partial charge in [0.15, 0.2) is 0 Å². The summed E-state index contributed by atoms with van der Waals surface area (Å²) >= 11 is 4.35. The third-order valence-electron chi connectivity index (χ3n) is 0.440. The summed E-state index contributed by atoms with van der Waals surface area (Å²) in [4.78, 5) is 0. The van der Waals surface area contributed by atoms with E-state index in [1.807, 2.05) is 0 Å². The molecule has 6 heavy (non-hydrogen) atoms. The smallest absolute Gasteiger partial charge is 0.0543 e. The number of rotatable bonds is 2. The highest BCUT2D eigenvalue weighted by atomic mass is 32.1. The SMILES string of the molecule is CC(C)CN=S. The van der Waals surface area contributed by atoms with Gasteiger partial charge in [-0.15, -0.1) is 0 Å². The number of nitrogens with zero attached hydrogens (tertiary/aromatic N) is 1. The van der Waals surface area contributed by atoms with Crippen LogP contribution in [-0.2, 0) is 12.4 Å². The van der Waals surface area contributed by atoms with Gasteiger partial charge < -0.3 is 0 Å². The van der Waals surface area contributed by atoms with Gasteiger partial charge in [0, 0.05) is 12.4 Å². The molecule has 0 atom stereocenters. The third kappa shape index (κ3) is 4.02. The van der Waals surface area contributed by atoms with Crippen LogP contribution in [0.4, 0.5) is 0 Å². The van der Waals surface area contributed by atoms with E-state index in [0.717, 1.165) is 6.54 Å². The highest BCUT2D eigenvalue weighted by Gasteiger charge is 1.84. The first kappa shape index (κ1) is 6.02. The summed E-state index contributed by atoms with van der Waals surface area (Å²) in [5, 5.41) is 0. The van der Waals surface area contributed by atoms with Gasteiger partial charge >= 0.3 is 0 Å². The first-order chi connectivity index (χ1) is 2.77. The fourth-order valence-corrected chi connectivity index (χ4v) is 0.447. The van der Waals surface area contributed by atoms with Crippen LogP contribution < -0.4 is 0 Å². The minimum Gasteiger partial charge on any atom is -0.219 e. The summed E-state index contributed by atoms with van der Waals surface area (Å²) in [5.74, 6) is 0.627. The van der Waals surface area contributed by atoms with Crippen molar-refractivity contribution in [2.24, 2.45) is 10.3 Å². The second kappa shape index (κ2) is 3.22. The standard InChI is InChI=1S/C4H9NS/c1-4(2)3-5-6/h4H,3H2,1-2H3. The Labute approximate surface area is 43.9 Å². The molecule has 0 aliphatic heterocycles. The molecule has 0 saturated carbocycles. The van der Waals surface area contributed by atoms with Crippen LogP contribution in [0.25, 0.3) is 0 Å². The Morgan fingerprint density at radius 1 is 1.67 bits per heavy atom. The van der Waals surface area contributed by atoms with Gasteiger partial charge in [-0.25, -0.2) is 4.36 Å². The van der Waals surface area contributed by atoms with Gasteiger partial charge in [-0.05, 0) is 5.92 Å². The molecule has 0 aliphatic carbocycles. The average molecular weight is 103 g/mol. The van der Waals surface area contributed by atoms with Crippen LogP contribution in [0.15, 0.2) is 4.36 Å². The van der Waals surface area contributed by atoms with E-state index in [0.29, 0.717) is 5.92 Å². The fraction of sp³-hybridized carbons (Fsp3) is 1.00. The first-order valence-electron chi connectivity index (χ1n) is 2.06. The molecule has 0 aromatic rings. The van der Waals surface area contributed by atoms with Crippen LogP contribution in [-0.4, -0.2) is 6.54 Å². The van der Waals surface area contributed by atoms with E-state index in [9.17, 15) is 0 Å². The van der Waals surface area contributed by atoms with Crippen LogP contribution >= 0.6 is 0 Å². The zero-order valence-electron chi connectivity index (χ0n) is 4.14. The molecule has 0 radical (unpaired) electrons. The maximum atomic E-state index is 4.35. The molecule has 0 rings (SSSR count). The van der Waals surface area contributed by atoms with Gasteiger partial charge in [0.05, 0.1) is 6.54 Å². The Morgan fingerprint density at radius 3 is 2.17 bits per heavy atom. The molecular weight excluding hydrogens is 94.1 g/mol. The zero-order chi connectivity index (χ0) is 4.99. The molecule has 0 N–H and O–H groups in total. The predicted molar refractivity (Wildman–Crippen MR) is 29.5 cm³/mol.